The quantitative estimate of drug-likeness (QED) is 0.830. The highest BCUT2D eigenvalue weighted by Gasteiger charge is 2.31. The molecule has 1 unspecified atom stereocenters. The van der Waals surface area contributed by atoms with E-state index in [1.807, 2.05) is 13.0 Å². The maximum Gasteiger partial charge on any atom is 0.261 e. The van der Waals surface area contributed by atoms with Crippen LogP contribution in [0.4, 0.5) is 0 Å². The first-order valence-corrected chi connectivity index (χ1v) is 8.04. The van der Waals surface area contributed by atoms with Crippen molar-refractivity contribution in [3.8, 4) is 0 Å². The number of piperidine rings is 1. The van der Waals surface area contributed by atoms with Gasteiger partial charge in [-0.05, 0) is 45.4 Å². The molecule has 2 aromatic rings. The van der Waals surface area contributed by atoms with Crippen LogP contribution in [0, 0.1) is 0 Å². The lowest BCUT2D eigenvalue weighted by molar-refractivity contribution is -0.234. The highest BCUT2D eigenvalue weighted by molar-refractivity contribution is 5.76. The van der Waals surface area contributed by atoms with Crippen molar-refractivity contribution in [1.29, 1.82) is 0 Å². The number of rotatable bonds is 4. The topological polar surface area (TPSA) is 76.4 Å². The number of nitrogens with zero attached hydrogens (tertiary/aromatic N) is 2. The zero-order valence-electron chi connectivity index (χ0n) is 13.5. The number of ether oxygens (including phenoxy) is 1. The Morgan fingerprint density at radius 1 is 1.48 bits per heavy atom. The average molecular weight is 317 g/mol. The summed E-state index contributed by atoms with van der Waals surface area (Å²) in [5, 5.41) is 14.5. The van der Waals surface area contributed by atoms with Gasteiger partial charge in [0.05, 0.1) is 29.9 Å². The van der Waals surface area contributed by atoms with Gasteiger partial charge in [0.1, 0.15) is 0 Å². The van der Waals surface area contributed by atoms with Crippen LogP contribution < -0.4 is 10.9 Å². The maximum atomic E-state index is 12.5. The van der Waals surface area contributed by atoms with E-state index in [0.29, 0.717) is 10.9 Å². The Morgan fingerprint density at radius 3 is 3.04 bits per heavy atom. The number of para-hydroxylation sites is 1. The predicted molar refractivity (Wildman–Crippen MR) is 88.2 cm³/mol. The molecule has 0 spiro atoms. The molecule has 1 aliphatic rings. The van der Waals surface area contributed by atoms with E-state index in [2.05, 4.69) is 10.3 Å². The minimum Gasteiger partial charge on any atom is -0.364 e. The second kappa shape index (κ2) is 6.39. The van der Waals surface area contributed by atoms with Gasteiger partial charge in [-0.25, -0.2) is 4.98 Å². The lowest BCUT2D eigenvalue weighted by Crippen LogP contribution is -2.49. The summed E-state index contributed by atoms with van der Waals surface area (Å²) in [4.78, 5) is 16.8. The van der Waals surface area contributed by atoms with Crippen molar-refractivity contribution in [3.63, 3.8) is 0 Å². The summed E-state index contributed by atoms with van der Waals surface area (Å²) < 4.78 is 7.27. The van der Waals surface area contributed by atoms with Crippen LogP contribution in [-0.4, -0.2) is 39.1 Å². The van der Waals surface area contributed by atoms with Crippen molar-refractivity contribution < 1.29 is 9.84 Å². The smallest absolute Gasteiger partial charge is 0.261 e. The molecule has 0 amide bonds. The van der Waals surface area contributed by atoms with E-state index in [4.69, 9.17) is 4.74 Å². The zero-order chi connectivity index (χ0) is 16.4. The first kappa shape index (κ1) is 16.1. The Labute approximate surface area is 135 Å². The molecule has 0 radical (unpaired) electrons. The van der Waals surface area contributed by atoms with Crippen molar-refractivity contribution in [2.45, 2.75) is 51.2 Å². The molecule has 3 rings (SSSR count). The Hall–Kier alpha value is -1.76. The van der Waals surface area contributed by atoms with E-state index >= 15 is 0 Å². The van der Waals surface area contributed by atoms with Gasteiger partial charge in [-0.2, -0.15) is 0 Å². The number of aliphatic hydroxyl groups is 1. The second-order valence-electron chi connectivity index (χ2n) is 6.41. The van der Waals surface area contributed by atoms with Gasteiger partial charge in [-0.3, -0.25) is 9.36 Å². The standard InChI is InChI=1S/C17H23N3O3/c1-12-15(8-5-9-18-12)23-17(2,22)10-20-11-19-14-7-4-3-6-13(14)16(20)21/h3-4,6-7,11-12,15,18,22H,5,8-10H2,1-2H3/t12-,15-,17?/m1/s1. The molecule has 3 atom stereocenters. The third kappa shape index (κ3) is 3.60. The van der Waals surface area contributed by atoms with Crippen molar-refractivity contribution >= 4 is 10.9 Å². The first-order valence-electron chi connectivity index (χ1n) is 8.04. The summed E-state index contributed by atoms with van der Waals surface area (Å²) in [6.07, 6.45) is 3.31. The molecule has 0 bridgehead atoms. The lowest BCUT2D eigenvalue weighted by Gasteiger charge is -2.36. The van der Waals surface area contributed by atoms with E-state index < -0.39 is 5.79 Å². The minimum atomic E-state index is -1.42. The third-order valence-corrected chi connectivity index (χ3v) is 4.29. The molecular formula is C17H23N3O3. The van der Waals surface area contributed by atoms with Crippen LogP contribution in [0.2, 0.25) is 0 Å². The van der Waals surface area contributed by atoms with Crippen molar-refractivity contribution in [2.24, 2.45) is 0 Å². The van der Waals surface area contributed by atoms with Gasteiger partial charge >= 0.3 is 0 Å². The zero-order valence-corrected chi connectivity index (χ0v) is 13.5. The van der Waals surface area contributed by atoms with Crippen LogP contribution in [-0.2, 0) is 11.3 Å². The van der Waals surface area contributed by atoms with Crippen LogP contribution in [0.5, 0.6) is 0 Å². The number of aromatic nitrogens is 2. The average Bonchev–Trinajstić information content (AvgIpc) is 2.52. The van der Waals surface area contributed by atoms with Crippen molar-refractivity contribution in [2.75, 3.05) is 6.54 Å². The molecule has 124 valence electrons. The number of fused-ring (bicyclic) bond motifs is 1. The van der Waals surface area contributed by atoms with Crippen molar-refractivity contribution in [3.05, 3.63) is 40.9 Å². The van der Waals surface area contributed by atoms with E-state index in [-0.39, 0.29) is 24.2 Å². The van der Waals surface area contributed by atoms with Crippen LogP contribution in [0.3, 0.4) is 0 Å². The molecule has 2 heterocycles. The molecule has 6 heteroatoms. The van der Waals surface area contributed by atoms with E-state index in [0.717, 1.165) is 19.4 Å². The predicted octanol–water partition coefficient (Wildman–Crippen LogP) is 1.26. The number of hydrogen-bond donors (Lipinski definition) is 2. The van der Waals surface area contributed by atoms with Crippen LogP contribution in [0.15, 0.2) is 35.4 Å². The number of benzene rings is 1. The second-order valence-corrected chi connectivity index (χ2v) is 6.41. The largest absolute Gasteiger partial charge is 0.364 e. The Kier molecular flexibility index (Phi) is 4.48. The van der Waals surface area contributed by atoms with Crippen LogP contribution >= 0.6 is 0 Å². The van der Waals surface area contributed by atoms with E-state index in [1.54, 1.807) is 25.1 Å². The highest BCUT2D eigenvalue weighted by atomic mass is 16.6. The summed E-state index contributed by atoms with van der Waals surface area (Å²) in [5.74, 6) is -1.42. The summed E-state index contributed by atoms with van der Waals surface area (Å²) >= 11 is 0. The molecule has 6 nitrogen and oxygen atoms in total. The third-order valence-electron chi connectivity index (χ3n) is 4.29. The molecular weight excluding hydrogens is 294 g/mol. The first-order chi connectivity index (χ1) is 11.0. The summed E-state index contributed by atoms with van der Waals surface area (Å²) in [6, 6.07) is 7.37. The summed E-state index contributed by atoms with van der Waals surface area (Å²) in [7, 11) is 0. The molecule has 23 heavy (non-hydrogen) atoms. The lowest BCUT2D eigenvalue weighted by atomic mass is 10.0. The van der Waals surface area contributed by atoms with Gasteiger partial charge in [0.2, 0.25) is 0 Å². The van der Waals surface area contributed by atoms with Gasteiger partial charge in [-0.1, -0.05) is 12.1 Å². The normalized spacial score (nSPS) is 24.5. The summed E-state index contributed by atoms with van der Waals surface area (Å²) in [6.45, 7) is 4.66. The van der Waals surface area contributed by atoms with Crippen LogP contribution in [0.1, 0.15) is 26.7 Å². The molecule has 2 N–H and O–H groups in total. The van der Waals surface area contributed by atoms with Gasteiger partial charge in [-0.15, -0.1) is 0 Å². The molecule has 0 aliphatic carbocycles. The van der Waals surface area contributed by atoms with Crippen molar-refractivity contribution in [1.82, 2.24) is 14.9 Å². The molecule has 1 saturated heterocycles. The summed E-state index contributed by atoms with van der Waals surface area (Å²) in [5.41, 5.74) is 0.480. The van der Waals surface area contributed by atoms with E-state index in [1.165, 1.54) is 10.9 Å². The fourth-order valence-electron chi connectivity index (χ4n) is 3.07. The Bertz CT molecular complexity index is 741. The molecule has 1 fully saturated rings. The van der Waals surface area contributed by atoms with Gasteiger partial charge in [0.15, 0.2) is 5.79 Å². The molecule has 1 aromatic heterocycles. The number of hydrogen-bond acceptors (Lipinski definition) is 5. The fourth-order valence-corrected chi connectivity index (χ4v) is 3.07. The highest BCUT2D eigenvalue weighted by Crippen LogP contribution is 2.20. The monoisotopic (exact) mass is 317 g/mol. The fraction of sp³-hybridized carbons (Fsp3) is 0.529. The molecule has 1 aromatic carbocycles. The van der Waals surface area contributed by atoms with Crippen LogP contribution in [0.25, 0.3) is 10.9 Å². The Morgan fingerprint density at radius 2 is 2.26 bits per heavy atom. The minimum absolute atomic E-state index is 0.0485. The number of nitrogens with one attached hydrogen (secondary N) is 1. The van der Waals surface area contributed by atoms with Gasteiger partial charge in [0, 0.05) is 6.04 Å². The molecule has 1 aliphatic heterocycles. The SMILES string of the molecule is C[C@H]1NCCC[C@H]1OC(C)(O)Cn1cnc2ccccc2c1=O. The van der Waals surface area contributed by atoms with E-state index in [9.17, 15) is 9.90 Å². The maximum absolute atomic E-state index is 12.5. The Balaban J connectivity index is 1.80. The molecule has 0 saturated carbocycles. The van der Waals surface area contributed by atoms with Gasteiger partial charge < -0.3 is 15.2 Å². The van der Waals surface area contributed by atoms with Gasteiger partial charge in [0.25, 0.3) is 5.56 Å².